The molecule has 4 nitrogen and oxygen atoms in total. The van der Waals surface area contributed by atoms with Gasteiger partial charge < -0.3 is 9.67 Å². The van der Waals surface area contributed by atoms with E-state index in [-0.39, 0.29) is 5.69 Å². The van der Waals surface area contributed by atoms with Crippen LogP contribution in [0.1, 0.15) is 27.2 Å². The predicted molar refractivity (Wildman–Crippen MR) is 66.9 cm³/mol. The van der Waals surface area contributed by atoms with Crippen LogP contribution in [0.15, 0.2) is 30.5 Å². The van der Waals surface area contributed by atoms with E-state index in [2.05, 4.69) is 6.07 Å². The van der Waals surface area contributed by atoms with E-state index in [4.69, 9.17) is 10.4 Å². The quantitative estimate of drug-likeness (QED) is 0.877. The van der Waals surface area contributed by atoms with Gasteiger partial charge in [0, 0.05) is 6.20 Å². The van der Waals surface area contributed by atoms with Crippen LogP contribution in [0.3, 0.4) is 0 Å². The Morgan fingerprint density at radius 3 is 2.67 bits per heavy atom. The molecule has 0 aliphatic heterocycles. The number of nitrogens with zero attached hydrogens (tertiary/aromatic N) is 2. The fourth-order valence-electron chi connectivity index (χ4n) is 2.03. The van der Waals surface area contributed by atoms with Gasteiger partial charge in [0.2, 0.25) is 0 Å². The second-order valence-electron chi connectivity index (χ2n) is 4.08. The summed E-state index contributed by atoms with van der Waals surface area (Å²) in [6, 6.07) is 9.02. The number of benzene rings is 1. The smallest absolute Gasteiger partial charge is 0.352 e. The van der Waals surface area contributed by atoms with Crippen LogP contribution < -0.4 is 0 Å². The number of aromatic carboxylic acids is 1. The van der Waals surface area contributed by atoms with Crippen LogP contribution in [0.25, 0.3) is 5.69 Å². The molecular formula is C14H12N2O2. The van der Waals surface area contributed by atoms with Gasteiger partial charge in [-0.2, -0.15) is 5.26 Å². The Hall–Kier alpha value is -2.54. The van der Waals surface area contributed by atoms with Crippen molar-refractivity contribution in [3.63, 3.8) is 0 Å². The van der Waals surface area contributed by atoms with Gasteiger partial charge in [-0.25, -0.2) is 4.79 Å². The van der Waals surface area contributed by atoms with Crippen molar-refractivity contribution in [1.29, 1.82) is 5.26 Å². The van der Waals surface area contributed by atoms with Crippen molar-refractivity contribution >= 4 is 5.97 Å². The molecule has 0 bridgehead atoms. The molecule has 2 rings (SSSR count). The minimum absolute atomic E-state index is 0.186. The van der Waals surface area contributed by atoms with Gasteiger partial charge in [0.1, 0.15) is 5.69 Å². The molecule has 0 fully saturated rings. The summed E-state index contributed by atoms with van der Waals surface area (Å²) >= 11 is 0. The van der Waals surface area contributed by atoms with Gasteiger partial charge in [0.15, 0.2) is 0 Å². The van der Waals surface area contributed by atoms with E-state index in [1.54, 1.807) is 16.8 Å². The SMILES string of the molecule is Cc1ccc(-n2cccc2C(=O)O)c(C)c1C#N. The first-order valence-electron chi connectivity index (χ1n) is 5.47. The van der Waals surface area contributed by atoms with Gasteiger partial charge >= 0.3 is 5.97 Å². The molecule has 90 valence electrons. The standard InChI is InChI=1S/C14H12N2O2/c1-9-5-6-12(10(2)11(9)8-15)16-7-3-4-13(16)14(17)18/h3-7H,1-2H3,(H,17,18). The van der Waals surface area contributed by atoms with Crippen LogP contribution in [0.5, 0.6) is 0 Å². The summed E-state index contributed by atoms with van der Waals surface area (Å²) in [4.78, 5) is 11.1. The number of hydrogen-bond donors (Lipinski definition) is 1. The molecular weight excluding hydrogens is 228 g/mol. The third kappa shape index (κ3) is 1.76. The number of aromatic nitrogens is 1. The van der Waals surface area contributed by atoms with E-state index in [1.807, 2.05) is 26.0 Å². The second kappa shape index (κ2) is 4.38. The lowest BCUT2D eigenvalue weighted by molar-refractivity contribution is 0.0688. The zero-order valence-corrected chi connectivity index (χ0v) is 10.1. The molecule has 0 aliphatic carbocycles. The molecule has 0 saturated carbocycles. The predicted octanol–water partition coefficient (Wildman–Crippen LogP) is 2.66. The maximum atomic E-state index is 11.1. The van der Waals surface area contributed by atoms with Gasteiger partial charge in [0.05, 0.1) is 17.3 Å². The van der Waals surface area contributed by atoms with Crippen LogP contribution in [0.4, 0.5) is 0 Å². The van der Waals surface area contributed by atoms with Crippen LogP contribution >= 0.6 is 0 Å². The average Bonchev–Trinajstić information content (AvgIpc) is 2.78. The Bertz CT molecular complexity index is 663. The van der Waals surface area contributed by atoms with E-state index < -0.39 is 5.97 Å². The summed E-state index contributed by atoms with van der Waals surface area (Å²) in [5.41, 5.74) is 3.18. The molecule has 0 radical (unpaired) electrons. The van der Waals surface area contributed by atoms with E-state index in [9.17, 15) is 4.79 Å². The first-order valence-corrected chi connectivity index (χ1v) is 5.47. The molecule has 1 aromatic carbocycles. The summed E-state index contributed by atoms with van der Waals surface area (Å²) in [5.74, 6) is -0.988. The Kier molecular flexibility index (Phi) is 2.90. The monoisotopic (exact) mass is 240 g/mol. The molecule has 2 aromatic rings. The fraction of sp³-hybridized carbons (Fsp3) is 0.143. The average molecular weight is 240 g/mol. The lowest BCUT2D eigenvalue weighted by Crippen LogP contribution is -2.08. The zero-order chi connectivity index (χ0) is 13.3. The van der Waals surface area contributed by atoms with E-state index >= 15 is 0 Å². The van der Waals surface area contributed by atoms with Crippen LogP contribution in [-0.2, 0) is 0 Å². The van der Waals surface area contributed by atoms with Crippen LogP contribution in [0.2, 0.25) is 0 Å². The maximum Gasteiger partial charge on any atom is 0.352 e. The summed E-state index contributed by atoms with van der Waals surface area (Å²) in [7, 11) is 0. The highest BCUT2D eigenvalue weighted by molar-refractivity contribution is 5.86. The Balaban J connectivity index is 2.70. The van der Waals surface area contributed by atoms with Gasteiger partial charge in [-0.05, 0) is 43.2 Å². The molecule has 0 atom stereocenters. The molecule has 1 N–H and O–H groups in total. The minimum Gasteiger partial charge on any atom is -0.477 e. The molecule has 1 heterocycles. The molecule has 0 amide bonds. The number of aryl methyl sites for hydroxylation is 1. The van der Waals surface area contributed by atoms with E-state index in [0.29, 0.717) is 5.56 Å². The molecule has 0 saturated heterocycles. The summed E-state index contributed by atoms with van der Waals surface area (Å²) in [6.07, 6.45) is 1.68. The lowest BCUT2D eigenvalue weighted by atomic mass is 10.0. The highest BCUT2D eigenvalue weighted by Gasteiger charge is 2.14. The first kappa shape index (κ1) is 11.9. The molecule has 0 aliphatic rings. The topological polar surface area (TPSA) is 66.0 Å². The van der Waals surface area contributed by atoms with E-state index in [1.165, 1.54) is 6.07 Å². The van der Waals surface area contributed by atoms with Gasteiger partial charge in [-0.3, -0.25) is 0 Å². The molecule has 0 unspecified atom stereocenters. The number of rotatable bonds is 2. The van der Waals surface area contributed by atoms with E-state index in [0.717, 1.165) is 16.8 Å². The van der Waals surface area contributed by atoms with Crippen LogP contribution in [0, 0.1) is 25.2 Å². The van der Waals surface area contributed by atoms with Crippen molar-refractivity contribution in [2.24, 2.45) is 0 Å². The number of nitriles is 1. The fourth-order valence-corrected chi connectivity index (χ4v) is 2.03. The molecule has 0 spiro atoms. The maximum absolute atomic E-state index is 11.1. The number of carbonyl (C=O) groups is 1. The summed E-state index contributed by atoms with van der Waals surface area (Å²) < 4.78 is 1.58. The third-order valence-corrected chi connectivity index (χ3v) is 2.98. The van der Waals surface area contributed by atoms with Crippen molar-refractivity contribution in [2.75, 3.05) is 0 Å². The minimum atomic E-state index is -0.988. The van der Waals surface area contributed by atoms with Gasteiger partial charge in [-0.1, -0.05) is 6.07 Å². The van der Waals surface area contributed by atoms with Gasteiger partial charge in [0.25, 0.3) is 0 Å². The van der Waals surface area contributed by atoms with Crippen molar-refractivity contribution in [2.45, 2.75) is 13.8 Å². The molecule has 4 heteroatoms. The summed E-state index contributed by atoms with van der Waals surface area (Å²) in [5, 5.41) is 18.2. The second-order valence-corrected chi connectivity index (χ2v) is 4.08. The Labute approximate surface area is 105 Å². The molecule has 1 aromatic heterocycles. The van der Waals surface area contributed by atoms with Crippen molar-refractivity contribution in [1.82, 2.24) is 4.57 Å². The summed E-state index contributed by atoms with van der Waals surface area (Å²) in [6.45, 7) is 3.69. The van der Waals surface area contributed by atoms with Crippen LogP contribution in [-0.4, -0.2) is 15.6 Å². The lowest BCUT2D eigenvalue weighted by Gasteiger charge is -2.12. The third-order valence-electron chi connectivity index (χ3n) is 2.98. The van der Waals surface area contributed by atoms with Gasteiger partial charge in [-0.15, -0.1) is 0 Å². The number of hydrogen-bond acceptors (Lipinski definition) is 2. The van der Waals surface area contributed by atoms with Crippen molar-refractivity contribution in [3.05, 3.63) is 52.8 Å². The number of carboxylic acid groups (broad SMARTS) is 1. The highest BCUT2D eigenvalue weighted by atomic mass is 16.4. The Morgan fingerprint density at radius 1 is 1.33 bits per heavy atom. The Morgan fingerprint density at radius 2 is 2.06 bits per heavy atom. The first-order chi connectivity index (χ1) is 8.56. The largest absolute Gasteiger partial charge is 0.477 e. The van der Waals surface area contributed by atoms with Crippen molar-refractivity contribution < 1.29 is 9.90 Å². The zero-order valence-electron chi connectivity index (χ0n) is 10.1. The number of carboxylic acids is 1. The highest BCUT2D eigenvalue weighted by Crippen LogP contribution is 2.22. The molecule has 18 heavy (non-hydrogen) atoms. The van der Waals surface area contributed by atoms with Crippen molar-refractivity contribution in [3.8, 4) is 11.8 Å². The normalized spacial score (nSPS) is 10.1.